The lowest BCUT2D eigenvalue weighted by Gasteiger charge is -2.33. The second-order valence-electron chi connectivity index (χ2n) is 14.4. The molecular formula is C52H53NO2S. The van der Waals surface area contributed by atoms with Gasteiger partial charge in [0.2, 0.25) is 0 Å². The molecule has 0 fully saturated rings. The van der Waals surface area contributed by atoms with Crippen LogP contribution in [0, 0.1) is 27.7 Å². The van der Waals surface area contributed by atoms with Crippen molar-refractivity contribution in [1.82, 2.24) is 0 Å². The Bertz CT molecular complexity index is 2480. The molecule has 1 aliphatic heterocycles. The zero-order chi connectivity index (χ0) is 39.6. The van der Waals surface area contributed by atoms with E-state index in [-0.39, 0.29) is 5.75 Å². The summed E-state index contributed by atoms with van der Waals surface area (Å²) in [6.07, 6.45) is 3.71. The molecule has 284 valence electrons. The number of anilines is 3. The Labute approximate surface area is 337 Å². The third-order valence-electron chi connectivity index (χ3n) is 9.80. The number of rotatable bonds is 4. The van der Waals surface area contributed by atoms with Gasteiger partial charge < -0.3 is 14.4 Å². The van der Waals surface area contributed by atoms with E-state index in [9.17, 15) is 5.11 Å². The van der Waals surface area contributed by atoms with E-state index in [1.165, 1.54) is 51.3 Å². The summed E-state index contributed by atoms with van der Waals surface area (Å²) < 4.78 is 6.14. The van der Waals surface area contributed by atoms with E-state index in [0.717, 1.165) is 55.7 Å². The Hall–Kier alpha value is -5.71. The summed E-state index contributed by atoms with van der Waals surface area (Å²) in [5, 5.41) is 13.0. The Morgan fingerprint density at radius 2 is 1.12 bits per heavy atom. The number of para-hydroxylation sites is 2. The predicted molar refractivity (Wildman–Crippen MR) is 241 cm³/mol. The number of phenolic OH excluding ortho intramolecular Hbond substituents is 1. The number of phenols is 1. The molecule has 7 aromatic carbocycles. The highest BCUT2D eigenvalue weighted by Crippen LogP contribution is 2.51. The van der Waals surface area contributed by atoms with Crippen molar-refractivity contribution in [3.63, 3.8) is 0 Å². The van der Waals surface area contributed by atoms with Crippen LogP contribution in [0.2, 0.25) is 0 Å². The fourth-order valence-corrected chi connectivity index (χ4v) is 7.83. The summed E-state index contributed by atoms with van der Waals surface area (Å²) in [6.45, 7) is 14.9. The predicted octanol–water partition coefficient (Wildman–Crippen LogP) is 15.9. The number of hydrogen-bond donors (Lipinski definition) is 1. The van der Waals surface area contributed by atoms with Crippen LogP contribution < -0.4 is 4.90 Å². The highest BCUT2D eigenvalue weighted by atomic mass is 32.2. The smallest absolute Gasteiger partial charge is 0.136 e. The van der Waals surface area contributed by atoms with Crippen molar-refractivity contribution in [2.45, 2.75) is 77.5 Å². The molecule has 1 aliphatic rings. The van der Waals surface area contributed by atoms with E-state index in [2.05, 4.69) is 169 Å². The van der Waals surface area contributed by atoms with Gasteiger partial charge in [-0.25, -0.2) is 0 Å². The van der Waals surface area contributed by atoms with Crippen molar-refractivity contribution in [2.24, 2.45) is 0 Å². The van der Waals surface area contributed by atoms with Gasteiger partial charge in [-0.1, -0.05) is 142 Å². The third kappa shape index (κ3) is 9.21. The Morgan fingerprint density at radius 1 is 0.554 bits per heavy atom. The standard InChI is InChI=1S/C31H21NO2S.C10H14.C8H10.C3H8/c1-19-13-14-28-23(15-19)24-17-27(33)22(18-29(24)34-28)20-7-6-8-21(16-20)32-25-9-2-4-11-30(25)35-31-12-5-3-10-26(31)32;1-3-6-10-8-5-4-7-9(10)2;1-7-5-3-4-6-8(7)2;1-3-2/h2-18,33H,1H3;4-5,7-8H,3,6H2,1-2H3;3-6H,1-2H3;3H2,1-2H3. The molecule has 4 heteroatoms. The van der Waals surface area contributed by atoms with Crippen LogP contribution in [0.4, 0.5) is 17.1 Å². The van der Waals surface area contributed by atoms with Gasteiger partial charge in [0.05, 0.1) is 11.4 Å². The molecule has 1 aromatic heterocycles. The molecule has 0 saturated heterocycles. The summed E-state index contributed by atoms with van der Waals surface area (Å²) >= 11 is 1.79. The van der Waals surface area contributed by atoms with E-state index in [4.69, 9.17) is 4.42 Å². The van der Waals surface area contributed by atoms with Crippen molar-refractivity contribution >= 4 is 50.8 Å². The van der Waals surface area contributed by atoms with Gasteiger partial charge in [-0.05, 0) is 123 Å². The van der Waals surface area contributed by atoms with Gasteiger partial charge in [0.15, 0.2) is 0 Å². The second kappa shape index (κ2) is 18.8. The summed E-state index contributed by atoms with van der Waals surface area (Å²) in [5.74, 6) is 0.244. The van der Waals surface area contributed by atoms with Crippen LogP contribution in [0.1, 0.15) is 61.4 Å². The highest BCUT2D eigenvalue weighted by molar-refractivity contribution is 7.99. The topological polar surface area (TPSA) is 36.6 Å². The average molecular weight is 756 g/mol. The lowest BCUT2D eigenvalue weighted by Crippen LogP contribution is -2.14. The van der Waals surface area contributed by atoms with Crippen molar-refractivity contribution in [2.75, 3.05) is 4.90 Å². The van der Waals surface area contributed by atoms with Crippen LogP contribution in [0.25, 0.3) is 33.1 Å². The number of benzene rings is 7. The fraction of sp³-hybridized carbons (Fsp3) is 0.192. The molecule has 9 rings (SSSR count). The van der Waals surface area contributed by atoms with Crippen molar-refractivity contribution < 1.29 is 9.52 Å². The number of hydrogen-bond acceptors (Lipinski definition) is 4. The summed E-state index contributed by atoms with van der Waals surface area (Å²) in [6, 6.07) is 52.1. The first-order chi connectivity index (χ1) is 27.2. The van der Waals surface area contributed by atoms with Crippen LogP contribution in [0.15, 0.2) is 166 Å². The molecule has 0 saturated carbocycles. The molecule has 0 spiro atoms. The van der Waals surface area contributed by atoms with Gasteiger partial charge in [0.1, 0.15) is 16.9 Å². The molecule has 0 amide bonds. The van der Waals surface area contributed by atoms with Crippen LogP contribution in [0.5, 0.6) is 5.75 Å². The van der Waals surface area contributed by atoms with E-state index in [1.807, 2.05) is 36.4 Å². The molecule has 0 radical (unpaired) electrons. The zero-order valence-corrected chi connectivity index (χ0v) is 34.6. The Balaban J connectivity index is 0.000000207. The number of fused-ring (bicyclic) bond motifs is 5. The molecule has 2 heterocycles. The first kappa shape index (κ1) is 40.0. The van der Waals surface area contributed by atoms with E-state index in [0.29, 0.717) is 0 Å². The first-order valence-electron chi connectivity index (χ1n) is 19.7. The SMILES string of the molecule is CCC.CCCc1ccccc1C.Cc1ccc2oc3cc(-c4cccc(N5c6ccccc6Sc6ccccc65)c4)c(O)cc3c2c1.Cc1ccccc1C. The van der Waals surface area contributed by atoms with Crippen LogP contribution >= 0.6 is 11.8 Å². The maximum atomic E-state index is 11.1. The van der Waals surface area contributed by atoms with Gasteiger partial charge in [-0.15, -0.1) is 0 Å². The zero-order valence-electron chi connectivity index (χ0n) is 33.8. The van der Waals surface area contributed by atoms with Gasteiger partial charge >= 0.3 is 0 Å². The van der Waals surface area contributed by atoms with Gasteiger partial charge in [-0.3, -0.25) is 0 Å². The maximum absolute atomic E-state index is 11.1. The number of nitrogens with zero attached hydrogens (tertiary/aromatic N) is 1. The van der Waals surface area contributed by atoms with Crippen molar-refractivity contribution in [3.8, 4) is 16.9 Å². The van der Waals surface area contributed by atoms with Gasteiger partial charge in [-0.2, -0.15) is 0 Å². The minimum atomic E-state index is 0.244. The van der Waals surface area contributed by atoms with Crippen LogP contribution in [0.3, 0.4) is 0 Å². The number of furan rings is 1. The minimum absolute atomic E-state index is 0.244. The fourth-order valence-electron chi connectivity index (χ4n) is 6.77. The third-order valence-corrected chi connectivity index (χ3v) is 10.9. The molecular weight excluding hydrogens is 703 g/mol. The lowest BCUT2D eigenvalue weighted by molar-refractivity contribution is 0.478. The Kier molecular flexibility index (Phi) is 13.4. The summed E-state index contributed by atoms with van der Waals surface area (Å²) in [5.41, 5.74) is 13.5. The van der Waals surface area contributed by atoms with Crippen molar-refractivity contribution in [1.29, 1.82) is 0 Å². The normalized spacial score (nSPS) is 11.3. The molecule has 0 atom stereocenters. The molecule has 56 heavy (non-hydrogen) atoms. The number of aromatic hydroxyl groups is 1. The minimum Gasteiger partial charge on any atom is -0.507 e. The maximum Gasteiger partial charge on any atom is 0.136 e. The van der Waals surface area contributed by atoms with Crippen LogP contribution in [-0.2, 0) is 6.42 Å². The van der Waals surface area contributed by atoms with E-state index >= 15 is 0 Å². The van der Waals surface area contributed by atoms with Gasteiger partial charge in [0.25, 0.3) is 0 Å². The summed E-state index contributed by atoms with van der Waals surface area (Å²) in [4.78, 5) is 4.74. The van der Waals surface area contributed by atoms with Crippen LogP contribution in [-0.4, -0.2) is 5.11 Å². The Morgan fingerprint density at radius 3 is 1.73 bits per heavy atom. The average Bonchev–Trinajstić information content (AvgIpc) is 3.56. The van der Waals surface area contributed by atoms with E-state index in [1.54, 1.807) is 11.8 Å². The molecule has 0 bridgehead atoms. The molecule has 0 unspecified atom stereocenters. The number of aryl methyl sites for hydroxylation is 5. The summed E-state index contributed by atoms with van der Waals surface area (Å²) in [7, 11) is 0. The molecule has 3 nitrogen and oxygen atoms in total. The quantitative estimate of drug-likeness (QED) is 0.194. The second-order valence-corrected chi connectivity index (χ2v) is 15.4. The lowest BCUT2D eigenvalue weighted by atomic mass is 10.0. The molecule has 0 aliphatic carbocycles. The van der Waals surface area contributed by atoms with E-state index < -0.39 is 0 Å². The molecule has 1 N–H and O–H groups in total. The van der Waals surface area contributed by atoms with Gasteiger partial charge in [0, 0.05) is 31.8 Å². The van der Waals surface area contributed by atoms with Crippen molar-refractivity contribution in [3.05, 3.63) is 179 Å². The first-order valence-corrected chi connectivity index (χ1v) is 20.5. The highest BCUT2D eigenvalue weighted by Gasteiger charge is 2.24. The largest absolute Gasteiger partial charge is 0.507 e. The monoisotopic (exact) mass is 755 g/mol. The molecule has 8 aromatic rings.